The van der Waals surface area contributed by atoms with Gasteiger partial charge in [-0.3, -0.25) is 0 Å². The minimum Gasteiger partial charge on any atom is -0.456 e. The van der Waals surface area contributed by atoms with Gasteiger partial charge in [-0.15, -0.1) is 0 Å². The molecule has 0 aliphatic heterocycles. The number of esters is 1. The lowest BCUT2D eigenvalue weighted by Crippen LogP contribution is -2.80. The highest BCUT2D eigenvalue weighted by molar-refractivity contribution is 5.81. The van der Waals surface area contributed by atoms with Crippen LogP contribution in [0.1, 0.15) is 0 Å². The molecule has 2 nitrogen and oxygen atoms in total. The average molecular weight is 986 g/mol. The van der Waals surface area contributed by atoms with Gasteiger partial charge in [0.1, 0.15) is 0 Å². The molecule has 0 heterocycles. The van der Waals surface area contributed by atoms with E-state index < -0.39 is 126 Å². The summed E-state index contributed by atoms with van der Waals surface area (Å²) in [5, 5.41) is 0. The van der Waals surface area contributed by atoms with Crippen molar-refractivity contribution in [3.63, 3.8) is 0 Å². The first kappa shape index (κ1) is 56.7. The average Bonchev–Trinajstić information content (AvgIpc) is 3.05. The van der Waals surface area contributed by atoms with E-state index in [4.69, 9.17) is 0 Å². The van der Waals surface area contributed by atoms with Crippen LogP contribution in [0.15, 0.2) is 12.7 Å². The highest BCUT2D eigenvalue weighted by atomic mass is 19.4. The number of ether oxygens (including phenoxy) is 1. The third-order valence-electron chi connectivity index (χ3n) is 7.24. The molecule has 0 saturated heterocycles. The summed E-state index contributed by atoms with van der Waals surface area (Å²) in [6.45, 7) is -1.51. The number of halogens is 36. The van der Waals surface area contributed by atoms with Crippen LogP contribution in [0.25, 0.3) is 0 Å². The van der Waals surface area contributed by atoms with E-state index in [-0.39, 0.29) is 0 Å². The van der Waals surface area contributed by atoms with Crippen LogP contribution >= 0.6 is 0 Å². The molecule has 0 aromatic heterocycles. The Hall–Kier alpha value is -3.31. The fourth-order valence-electron chi connectivity index (χ4n) is 3.45. The smallest absolute Gasteiger partial charge is 0.385 e. The predicted octanol–water partition coefficient (Wildman–Crippen LogP) is 11.8. The van der Waals surface area contributed by atoms with E-state index in [1.165, 1.54) is 0 Å². The summed E-state index contributed by atoms with van der Waals surface area (Å²) in [6.07, 6.45) is -6.95. The van der Waals surface area contributed by atoms with Gasteiger partial charge in [0, 0.05) is 6.08 Å². The van der Waals surface area contributed by atoms with E-state index in [1.54, 1.807) is 0 Å². The molecule has 60 heavy (non-hydrogen) atoms. The van der Waals surface area contributed by atoms with Gasteiger partial charge < -0.3 is 4.74 Å². The monoisotopic (exact) mass is 986 g/mol. The fraction of sp³-hybridized carbons (Fsp3) is 0.864. The maximum absolute atomic E-state index is 14.0. The molecule has 358 valence electrons. The second kappa shape index (κ2) is 14.4. The molecule has 0 amide bonds. The number of carbonyl (C=O) groups excluding carboxylic acids is 1. The standard InChI is InChI=1S/C22H6F36O2/c1-2-4(59)60-3-6(25,26)8(29,30)10(33,34)12(37,38)14(41,42)16(45,46)18(49,50)20(53,54)22(57,58)21(55,56)19(51,52)17(47,48)15(43,44)13(39,40)11(35,36)9(31,32)7(27,28)5(23)24/h2,5H,1,3H2. The van der Waals surface area contributed by atoms with Crippen LogP contribution in [-0.4, -0.2) is 120 Å². The lowest BCUT2D eigenvalue weighted by molar-refractivity contribution is -0.491. The molecule has 0 spiro atoms. The summed E-state index contributed by atoms with van der Waals surface area (Å²) in [4.78, 5) is 10.6. The summed E-state index contributed by atoms with van der Waals surface area (Å²) in [5.74, 6) is -167. The Morgan fingerprint density at radius 3 is 0.683 bits per heavy atom. The second-order valence-corrected chi connectivity index (χ2v) is 11.1. The van der Waals surface area contributed by atoms with E-state index in [2.05, 4.69) is 11.3 Å². The topological polar surface area (TPSA) is 26.3 Å². The molecule has 0 rings (SSSR count). The molecule has 0 unspecified atom stereocenters. The van der Waals surface area contributed by atoms with Crippen molar-refractivity contribution >= 4 is 5.97 Å². The van der Waals surface area contributed by atoms with Gasteiger partial charge in [0.15, 0.2) is 6.61 Å². The molecule has 0 saturated carbocycles. The molecule has 0 aromatic rings. The maximum Gasteiger partial charge on any atom is 0.385 e. The van der Waals surface area contributed by atoms with Gasteiger partial charge in [-0.25, -0.2) is 13.6 Å². The zero-order valence-corrected chi connectivity index (χ0v) is 26.0. The molecule has 0 atom stereocenters. The SMILES string of the molecule is C=CC(=O)OCC(F)(F)C(F)(F)C(F)(F)C(F)(F)C(F)(F)C(F)(F)C(F)(F)C(F)(F)C(F)(F)C(F)(F)C(F)(F)C(F)(F)C(F)(F)C(F)(F)C(F)(F)C(F)(F)C(F)(F)C(F)F. The van der Waals surface area contributed by atoms with Crippen molar-refractivity contribution in [2.45, 2.75) is 107 Å². The third-order valence-corrected chi connectivity index (χ3v) is 7.24. The normalized spacial score (nSPS) is 16.7. The van der Waals surface area contributed by atoms with E-state index in [0.29, 0.717) is 0 Å². The van der Waals surface area contributed by atoms with Crippen LogP contribution in [0.4, 0.5) is 158 Å². The molecule has 0 bridgehead atoms. The lowest BCUT2D eigenvalue weighted by Gasteiger charge is -2.47. The largest absolute Gasteiger partial charge is 0.456 e. The third kappa shape index (κ3) is 6.59. The lowest BCUT2D eigenvalue weighted by atomic mass is 9.82. The van der Waals surface area contributed by atoms with E-state index in [0.717, 1.165) is 0 Å². The Morgan fingerprint density at radius 1 is 0.350 bits per heavy atom. The van der Waals surface area contributed by atoms with Crippen molar-refractivity contribution in [3.05, 3.63) is 12.7 Å². The van der Waals surface area contributed by atoms with Gasteiger partial charge in [-0.1, -0.05) is 6.58 Å². The number of hydrogen-bond donors (Lipinski definition) is 0. The Kier molecular flexibility index (Phi) is 13.6. The maximum atomic E-state index is 14.0. The minimum atomic E-state index is -10.4. The molecule has 38 heteroatoms. The van der Waals surface area contributed by atoms with Crippen LogP contribution < -0.4 is 0 Å². The Balaban J connectivity index is 7.79. The van der Waals surface area contributed by atoms with Crippen molar-refractivity contribution in [1.29, 1.82) is 0 Å². The van der Waals surface area contributed by atoms with Crippen LogP contribution in [-0.2, 0) is 9.53 Å². The molecular formula is C22H6F36O2. The quantitative estimate of drug-likeness (QED) is 0.0690. The zero-order valence-electron chi connectivity index (χ0n) is 26.0. The predicted molar refractivity (Wildman–Crippen MR) is 111 cm³/mol. The van der Waals surface area contributed by atoms with Gasteiger partial charge in [0.05, 0.1) is 0 Å². The molecule has 0 N–H and O–H groups in total. The van der Waals surface area contributed by atoms with Gasteiger partial charge in [0.25, 0.3) is 0 Å². The first-order valence-corrected chi connectivity index (χ1v) is 12.9. The van der Waals surface area contributed by atoms with E-state index in [9.17, 15) is 163 Å². The highest BCUT2D eigenvalue weighted by Crippen LogP contribution is 2.70. The van der Waals surface area contributed by atoms with Crippen LogP contribution in [0.5, 0.6) is 0 Å². The second-order valence-electron chi connectivity index (χ2n) is 11.1. The van der Waals surface area contributed by atoms with Crippen LogP contribution in [0, 0.1) is 0 Å². The Labute approximate surface area is 301 Å². The molecule has 0 radical (unpaired) electrons. The summed E-state index contributed by atoms with van der Waals surface area (Å²) in [5.41, 5.74) is 0. The first-order chi connectivity index (χ1) is 25.4. The summed E-state index contributed by atoms with van der Waals surface area (Å²) in [7, 11) is 0. The first-order valence-electron chi connectivity index (χ1n) is 12.9. The molecule has 0 fully saturated rings. The summed E-state index contributed by atoms with van der Waals surface area (Å²) >= 11 is 0. The van der Waals surface area contributed by atoms with E-state index >= 15 is 0 Å². The fourth-order valence-corrected chi connectivity index (χ4v) is 3.45. The number of alkyl halides is 36. The van der Waals surface area contributed by atoms with Gasteiger partial charge >= 0.3 is 113 Å². The van der Waals surface area contributed by atoms with Crippen LogP contribution in [0.2, 0.25) is 0 Å². The molecule has 0 aliphatic rings. The van der Waals surface area contributed by atoms with Gasteiger partial charge in [-0.2, -0.15) is 149 Å². The van der Waals surface area contributed by atoms with Crippen molar-refractivity contribution in [2.75, 3.05) is 6.61 Å². The van der Waals surface area contributed by atoms with Crippen molar-refractivity contribution in [1.82, 2.24) is 0 Å². The van der Waals surface area contributed by atoms with Crippen molar-refractivity contribution < 1.29 is 168 Å². The summed E-state index contributed by atoms with van der Waals surface area (Å²) in [6, 6.07) is 0. The number of hydrogen-bond acceptors (Lipinski definition) is 2. The zero-order chi connectivity index (χ0) is 49.8. The number of rotatable bonds is 20. The molecule has 0 aliphatic carbocycles. The highest BCUT2D eigenvalue weighted by Gasteiger charge is 3.02. The summed E-state index contributed by atoms with van der Waals surface area (Å²) < 4.78 is 494. The Morgan fingerprint density at radius 2 is 0.517 bits per heavy atom. The minimum absolute atomic E-state index is 0.390. The van der Waals surface area contributed by atoms with Crippen molar-refractivity contribution in [2.24, 2.45) is 0 Å². The van der Waals surface area contributed by atoms with E-state index in [1.807, 2.05) is 0 Å². The molecular weight excluding hydrogens is 980 g/mol. The van der Waals surface area contributed by atoms with Gasteiger partial charge in [-0.05, 0) is 0 Å². The van der Waals surface area contributed by atoms with Gasteiger partial charge in [0.2, 0.25) is 0 Å². The Bertz CT molecular complexity index is 1580. The van der Waals surface area contributed by atoms with Crippen LogP contribution in [0.3, 0.4) is 0 Å². The molecule has 0 aromatic carbocycles. The van der Waals surface area contributed by atoms with Crippen molar-refractivity contribution in [3.8, 4) is 0 Å². The number of carbonyl (C=O) groups is 1.